The van der Waals surface area contributed by atoms with E-state index in [2.05, 4.69) is 0 Å². The third kappa shape index (κ3) is 2.13. The van der Waals surface area contributed by atoms with Crippen molar-refractivity contribution < 1.29 is 5.11 Å². The zero-order chi connectivity index (χ0) is 11.4. The van der Waals surface area contributed by atoms with Crippen LogP contribution in [0.3, 0.4) is 0 Å². The standard InChI is InChI=1S/C14H15NO/c15-14(10-16)13-9-5-4-8-12(13)11-6-2-1-3-7-11/h1-9,14,16H,10,15H2. The fourth-order valence-corrected chi connectivity index (χ4v) is 1.80. The predicted molar refractivity (Wildman–Crippen MR) is 65.9 cm³/mol. The summed E-state index contributed by atoms with van der Waals surface area (Å²) in [7, 11) is 0. The number of aliphatic hydroxyl groups excluding tert-OH is 1. The Kier molecular flexibility index (Phi) is 3.34. The molecule has 3 N–H and O–H groups in total. The molecule has 0 saturated carbocycles. The van der Waals surface area contributed by atoms with E-state index in [1.54, 1.807) is 0 Å². The third-order valence-corrected chi connectivity index (χ3v) is 2.64. The van der Waals surface area contributed by atoms with Crippen molar-refractivity contribution >= 4 is 0 Å². The van der Waals surface area contributed by atoms with Gasteiger partial charge in [0.2, 0.25) is 0 Å². The Morgan fingerprint density at radius 2 is 1.56 bits per heavy atom. The van der Waals surface area contributed by atoms with E-state index in [1.807, 2.05) is 54.6 Å². The Labute approximate surface area is 95.4 Å². The van der Waals surface area contributed by atoms with Crippen LogP contribution in [0.2, 0.25) is 0 Å². The molecular formula is C14H15NO. The summed E-state index contributed by atoms with van der Waals surface area (Å²) in [4.78, 5) is 0. The molecule has 0 amide bonds. The van der Waals surface area contributed by atoms with Crippen molar-refractivity contribution in [3.05, 3.63) is 60.2 Å². The van der Waals surface area contributed by atoms with E-state index < -0.39 is 0 Å². The predicted octanol–water partition coefficient (Wildman–Crippen LogP) is 2.35. The fraction of sp³-hybridized carbons (Fsp3) is 0.143. The van der Waals surface area contributed by atoms with Gasteiger partial charge in [0.05, 0.1) is 12.6 Å². The SMILES string of the molecule is NC(CO)c1ccccc1-c1ccccc1. The summed E-state index contributed by atoms with van der Waals surface area (Å²) in [5.74, 6) is 0. The van der Waals surface area contributed by atoms with Gasteiger partial charge < -0.3 is 10.8 Å². The van der Waals surface area contributed by atoms with Gasteiger partial charge in [-0.2, -0.15) is 0 Å². The molecule has 1 atom stereocenters. The van der Waals surface area contributed by atoms with Crippen LogP contribution in [0.1, 0.15) is 11.6 Å². The molecule has 0 aliphatic heterocycles. The van der Waals surface area contributed by atoms with Crippen LogP contribution in [0.25, 0.3) is 11.1 Å². The van der Waals surface area contributed by atoms with Gasteiger partial charge in [0.1, 0.15) is 0 Å². The number of hydrogen-bond donors (Lipinski definition) is 2. The molecule has 0 radical (unpaired) electrons. The van der Waals surface area contributed by atoms with Gasteiger partial charge in [0.15, 0.2) is 0 Å². The maximum absolute atomic E-state index is 9.13. The monoisotopic (exact) mass is 213 g/mol. The van der Waals surface area contributed by atoms with Crippen LogP contribution in [-0.2, 0) is 0 Å². The van der Waals surface area contributed by atoms with Gasteiger partial charge in [-0.05, 0) is 16.7 Å². The molecule has 0 spiro atoms. The molecule has 0 saturated heterocycles. The van der Waals surface area contributed by atoms with Crippen LogP contribution >= 0.6 is 0 Å². The van der Waals surface area contributed by atoms with Crippen LogP contribution in [0.4, 0.5) is 0 Å². The van der Waals surface area contributed by atoms with Crippen LogP contribution in [0, 0.1) is 0 Å². The summed E-state index contributed by atoms with van der Waals surface area (Å²) in [6, 6.07) is 17.7. The number of nitrogens with two attached hydrogens (primary N) is 1. The van der Waals surface area contributed by atoms with E-state index >= 15 is 0 Å². The fourth-order valence-electron chi connectivity index (χ4n) is 1.80. The van der Waals surface area contributed by atoms with E-state index in [-0.39, 0.29) is 12.6 Å². The zero-order valence-electron chi connectivity index (χ0n) is 9.01. The van der Waals surface area contributed by atoms with Gasteiger partial charge in [-0.3, -0.25) is 0 Å². The molecule has 0 bridgehead atoms. The normalized spacial score (nSPS) is 12.4. The van der Waals surface area contributed by atoms with Crippen molar-refractivity contribution in [3.63, 3.8) is 0 Å². The molecular weight excluding hydrogens is 198 g/mol. The van der Waals surface area contributed by atoms with Crippen molar-refractivity contribution in [1.29, 1.82) is 0 Å². The van der Waals surface area contributed by atoms with E-state index in [0.29, 0.717) is 0 Å². The van der Waals surface area contributed by atoms with E-state index in [4.69, 9.17) is 10.8 Å². The minimum atomic E-state index is -0.323. The second kappa shape index (κ2) is 4.92. The zero-order valence-corrected chi connectivity index (χ0v) is 9.01. The minimum Gasteiger partial charge on any atom is -0.394 e. The first-order valence-corrected chi connectivity index (χ1v) is 5.33. The van der Waals surface area contributed by atoms with Crippen molar-refractivity contribution in [1.82, 2.24) is 0 Å². The molecule has 0 fully saturated rings. The van der Waals surface area contributed by atoms with Gasteiger partial charge in [-0.1, -0.05) is 54.6 Å². The summed E-state index contributed by atoms with van der Waals surface area (Å²) in [6.07, 6.45) is 0. The molecule has 82 valence electrons. The molecule has 2 aromatic rings. The van der Waals surface area contributed by atoms with Crippen LogP contribution < -0.4 is 5.73 Å². The second-order valence-electron chi connectivity index (χ2n) is 3.74. The van der Waals surface area contributed by atoms with Gasteiger partial charge in [0, 0.05) is 0 Å². The Hall–Kier alpha value is -1.64. The molecule has 0 aliphatic rings. The van der Waals surface area contributed by atoms with Crippen LogP contribution in [0.15, 0.2) is 54.6 Å². The summed E-state index contributed by atoms with van der Waals surface area (Å²) in [5.41, 5.74) is 9.08. The summed E-state index contributed by atoms with van der Waals surface area (Å²) in [6.45, 7) is -0.0379. The molecule has 2 rings (SSSR count). The van der Waals surface area contributed by atoms with E-state index in [1.165, 1.54) is 0 Å². The average Bonchev–Trinajstić information content (AvgIpc) is 2.39. The Bertz CT molecular complexity index is 453. The van der Waals surface area contributed by atoms with E-state index in [9.17, 15) is 0 Å². The van der Waals surface area contributed by atoms with Crippen molar-refractivity contribution in [3.8, 4) is 11.1 Å². The first kappa shape index (κ1) is 10.9. The maximum atomic E-state index is 9.13. The molecule has 1 unspecified atom stereocenters. The van der Waals surface area contributed by atoms with Gasteiger partial charge in [-0.15, -0.1) is 0 Å². The highest BCUT2D eigenvalue weighted by Gasteiger charge is 2.10. The first-order valence-electron chi connectivity index (χ1n) is 5.33. The number of hydrogen-bond acceptors (Lipinski definition) is 2. The third-order valence-electron chi connectivity index (χ3n) is 2.64. The molecule has 16 heavy (non-hydrogen) atoms. The lowest BCUT2D eigenvalue weighted by atomic mass is 9.96. The lowest BCUT2D eigenvalue weighted by Gasteiger charge is -2.14. The first-order chi connectivity index (χ1) is 7.83. The summed E-state index contributed by atoms with van der Waals surface area (Å²) >= 11 is 0. The maximum Gasteiger partial charge on any atom is 0.0624 e. The molecule has 0 heterocycles. The smallest absolute Gasteiger partial charge is 0.0624 e. The summed E-state index contributed by atoms with van der Waals surface area (Å²) in [5, 5.41) is 9.13. The quantitative estimate of drug-likeness (QED) is 0.822. The Morgan fingerprint density at radius 1 is 0.938 bits per heavy atom. The van der Waals surface area contributed by atoms with E-state index in [0.717, 1.165) is 16.7 Å². The number of benzene rings is 2. The Balaban J connectivity index is 2.49. The molecule has 2 heteroatoms. The van der Waals surface area contributed by atoms with Gasteiger partial charge in [-0.25, -0.2) is 0 Å². The topological polar surface area (TPSA) is 46.2 Å². The largest absolute Gasteiger partial charge is 0.394 e. The molecule has 2 aromatic carbocycles. The molecule has 2 nitrogen and oxygen atoms in total. The van der Waals surface area contributed by atoms with Gasteiger partial charge in [0.25, 0.3) is 0 Å². The lowest BCUT2D eigenvalue weighted by Crippen LogP contribution is -2.15. The molecule has 0 aliphatic carbocycles. The number of rotatable bonds is 3. The van der Waals surface area contributed by atoms with Crippen LogP contribution in [0.5, 0.6) is 0 Å². The summed E-state index contributed by atoms with van der Waals surface area (Å²) < 4.78 is 0. The highest BCUT2D eigenvalue weighted by molar-refractivity contribution is 5.67. The molecule has 0 aromatic heterocycles. The van der Waals surface area contributed by atoms with Crippen molar-refractivity contribution in [2.24, 2.45) is 5.73 Å². The highest BCUT2D eigenvalue weighted by Crippen LogP contribution is 2.26. The highest BCUT2D eigenvalue weighted by atomic mass is 16.3. The van der Waals surface area contributed by atoms with Crippen molar-refractivity contribution in [2.75, 3.05) is 6.61 Å². The number of aliphatic hydroxyl groups is 1. The van der Waals surface area contributed by atoms with Crippen LogP contribution in [-0.4, -0.2) is 11.7 Å². The van der Waals surface area contributed by atoms with Crippen molar-refractivity contribution in [2.45, 2.75) is 6.04 Å². The minimum absolute atomic E-state index is 0.0379. The van der Waals surface area contributed by atoms with Gasteiger partial charge >= 0.3 is 0 Å². The second-order valence-corrected chi connectivity index (χ2v) is 3.74. The Morgan fingerprint density at radius 3 is 2.25 bits per heavy atom. The lowest BCUT2D eigenvalue weighted by molar-refractivity contribution is 0.268. The average molecular weight is 213 g/mol.